The Balaban J connectivity index is 1.66. The molecular formula is C27H31F3. The van der Waals surface area contributed by atoms with Crippen molar-refractivity contribution in [3.63, 3.8) is 0 Å². The Bertz CT molecular complexity index is 879. The SMILES string of the molecule is CCCCCCCCCc1ccc(C2(F)CC=CC=C2c2ccc(F)c(F)c2)cc1. The maximum atomic E-state index is 16.1. The third kappa shape index (κ3) is 5.44. The number of alkyl halides is 1. The van der Waals surface area contributed by atoms with Crippen LogP contribution in [0.25, 0.3) is 5.57 Å². The predicted octanol–water partition coefficient (Wildman–Crippen LogP) is 8.47. The van der Waals surface area contributed by atoms with Gasteiger partial charge in [0.25, 0.3) is 0 Å². The summed E-state index contributed by atoms with van der Waals surface area (Å²) in [7, 11) is 0. The summed E-state index contributed by atoms with van der Waals surface area (Å²) in [5, 5.41) is 0. The van der Waals surface area contributed by atoms with Crippen LogP contribution in [0.5, 0.6) is 0 Å². The van der Waals surface area contributed by atoms with Gasteiger partial charge in [-0.25, -0.2) is 13.2 Å². The van der Waals surface area contributed by atoms with Gasteiger partial charge in [0.15, 0.2) is 17.3 Å². The average Bonchev–Trinajstić information content (AvgIpc) is 2.76. The average molecular weight is 413 g/mol. The van der Waals surface area contributed by atoms with Crippen LogP contribution >= 0.6 is 0 Å². The van der Waals surface area contributed by atoms with Crippen molar-refractivity contribution in [3.8, 4) is 0 Å². The van der Waals surface area contributed by atoms with E-state index in [1.165, 1.54) is 50.2 Å². The van der Waals surface area contributed by atoms with Crippen molar-refractivity contribution < 1.29 is 13.2 Å². The highest BCUT2D eigenvalue weighted by Gasteiger charge is 2.37. The van der Waals surface area contributed by atoms with Gasteiger partial charge in [0.2, 0.25) is 0 Å². The molecule has 0 amide bonds. The van der Waals surface area contributed by atoms with Gasteiger partial charge in [0, 0.05) is 12.0 Å². The molecule has 1 unspecified atom stereocenters. The number of rotatable bonds is 10. The molecule has 0 bridgehead atoms. The second-order valence-corrected chi connectivity index (χ2v) is 8.21. The zero-order valence-corrected chi connectivity index (χ0v) is 17.8. The summed E-state index contributed by atoms with van der Waals surface area (Å²) in [5.41, 5.74) is 0.736. The molecule has 1 aliphatic carbocycles. The molecule has 0 aliphatic heterocycles. The summed E-state index contributed by atoms with van der Waals surface area (Å²) < 4.78 is 43.2. The van der Waals surface area contributed by atoms with Crippen LogP contribution in [0.3, 0.4) is 0 Å². The van der Waals surface area contributed by atoms with Gasteiger partial charge in [-0.3, -0.25) is 0 Å². The highest BCUT2D eigenvalue weighted by atomic mass is 19.2. The van der Waals surface area contributed by atoms with E-state index in [1.54, 1.807) is 18.2 Å². The molecule has 3 rings (SSSR count). The quantitative estimate of drug-likeness (QED) is 0.343. The first-order valence-electron chi connectivity index (χ1n) is 11.2. The fraction of sp³-hybridized carbons (Fsp3) is 0.407. The summed E-state index contributed by atoms with van der Waals surface area (Å²) in [4.78, 5) is 0. The van der Waals surface area contributed by atoms with E-state index in [4.69, 9.17) is 0 Å². The van der Waals surface area contributed by atoms with E-state index in [-0.39, 0.29) is 6.42 Å². The van der Waals surface area contributed by atoms with E-state index in [0.717, 1.165) is 25.0 Å². The van der Waals surface area contributed by atoms with Crippen LogP contribution in [-0.2, 0) is 12.1 Å². The minimum Gasteiger partial charge on any atom is -0.233 e. The molecule has 0 N–H and O–H groups in total. The standard InChI is InChI=1S/C27H31F3/c1-2-3-4-5-6-7-8-11-21-13-16-23(17-14-21)27(30)19-10-9-12-24(27)22-15-18-25(28)26(29)20-22/h9-10,12-18,20H,2-8,11,19H2,1H3. The van der Waals surface area contributed by atoms with Crippen LogP contribution in [0, 0.1) is 11.6 Å². The Hall–Kier alpha value is -2.29. The monoisotopic (exact) mass is 412 g/mol. The first-order valence-corrected chi connectivity index (χ1v) is 11.2. The Morgan fingerprint density at radius 3 is 2.23 bits per heavy atom. The molecule has 30 heavy (non-hydrogen) atoms. The fourth-order valence-corrected chi connectivity index (χ4v) is 4.12. The van der Waals surface area contributed by atoms with Crippen LogP contribution in [0.1, 0.15) is 75.0 Å². The summed E-state index contributed by atoms with van der Waals surface area (Å²) in [5.74, 6) is -1.89. The molecule has 0 spiro atoms. The first kappa shape index (κ1) is 22.4. The summed E-state index contributed by atoms with van der Waals surface area (Å²) in [6.45, 7) is 2.23. The van der Waals surface area contributed by atoms with E-state index >= 15 is 4.39 Å². The summed E-state index contributed by atoms with van der Waals surface area (Å²) in [6.07, 6.45) is 15.3. The molecule has 0 saturated carbocycles. The topological polar surface area (TPSA) is 0 Å². The third-order valence-corrected chi connectivity index (χ3v) is 5.94. The van der Waals surface area contributed by atoms with Gasteiger partial charge in [-0.15, -0.1) is 0 Å². The lowest BCUT2D eigenvalue weighted by atomic mass is 9.78. The number of hydrogen-bond donors (Lipinski definition) is 0. The van der Waals surface area contributed by atoms with Crippen molar-refractivity contribution >= 4 is 5.57 Å². The Labute approximate surface area is 178 Å². The van der Waals surface area contributed by atoms with Crippen molar-refractivity contribution in [2.45, 2.75) is 70.4 Å². The first-order chi connectivity index (χ1) is 14.5. The maximum absolute atomic E-state index is 16.1. The van der Waals surface area contributed by atoms with Gasteiger partial charge < -0.3 is 0 Å². The molecule has 0 aromatic heterocycles. The minimum atomic E-state index is -1.75. The molecule has 2 aromatic carbocycles. The van der Waals surface area contributed by atoms with Crippen LogP contribution < -0.4 is 0 Å². The molecular weight excluding hydrogens is 381 g/mol. The number of aryl methyl sites for hydroxylation is 1. The van der Waals surface area contributed by atoms with Gasteiger partial charge in [0.05, 0.1) is 0 Å². The summed E-state index contributed by atoms with van der Waals surface area (Å²) >= 11 is 0. The van der Waals surface area contributed by atoms with Crippen LogP contribution in [0.15, 0.2) is 60.7 Å². The lowest BCUT2D eigenvalue weighted by molar-refractivity contribution is 0.249. The highest BCUT2D eigenvalue weighted by Crippen LogP contribution is 2.45. The second-order valence-electron chi connectivity index (χ2n) is 8.21. The van der Waals surface area contributed by atoms with Gasteiger partial charge >= 0.3 is 0 Å². The van der Waals surface area contributed by atoms with Crippen molar-refractivity contribution in [1.82, 2.24) is 0 Å². The smallest absolute Gasteiger partial charge is 0.165 e. The zero-order chi connectivity index (χ0) is 21.4. The number of allylic oxidation sites excluding steroid dienone is 4. The fourth-order valence-electron chi connectivity index (χ4n) is 4.12. The van der Waals surface area contributed by atoms with Crippen LogP contribution in [0.4, 0.5) is 13.2 Å². The van der Waals surface area contributed by atoms with Crippen molar-refractivity contribution in [2.75, 3.05) is 0 Å². The van der Waals surface area contributed by atoms with Gasteiger partial charge in [-0.1, -0.05) is 94.0 Å². The summed E-state index contributed by atoms with van der Waals surface area (Å²) in [6, 6.07) is 11.2. The van der Waals surface area contributed by atoms with Crippen LogP contribution in [-0.4, -0.2) is 0 Å². The molecule has 0 radical (unpaired) electrons. The van der Waals surface area contributed by atoms with Crippen molar-refractivity contribution in [3.05, 3.63) is 89.0 Å². The van der Waals surface area contributed by atoms with E-state index < -0.39 is 17.3 Å². The van der Waals surface area contributed by atoms with Crippen molar-refractivity contribution in [1.29, 1.82) is 0 Å². The number of halogens is 3. The normalized spacial score (nSPS) is 18.5. The molecule has 160 valence electrons. The van der Waals surface area contributed by atoms with E-state index in [0.29, 0.717) is 16.7 Å². The lowest BCUT2D eigenvalue weighted by Crippen LogP contribution is -2.23. The van der Waals surface area contributed by atoms with E-state index in [1.807, 2.05) is 24.3 Å². The van der Waals surface area contributed by atoms with Crippen molar-refractivity contribution in [2.24, 2.45) is 0 Å². The second kappa shape index (κ2) is 10.7. The van der Waals surface area contributed by atoms with Gasteiger partial charge in [-0.2, -0.15) is 0 Å². The van der Waals surface area contributed by atoms with Gasteiger partial charge in [-0.05, 0) is 41.7 Å². The molecule has 0 heterocycles. The number of unbranched alkanes of at least 4 members (excludes halogenated alkanes) is 6. The van der Waals surface area contributed by atoms with E-state index in [9.17, 15) is 8.78 Å². The van der Waals surface area contributed by atoms with Crippen LogP contribution in [0.2, 0.25) is 0 Å². The zero-order valence-electron chi connectivity index (χ0n) is 17.8. The third-order valence-electron chi connectivity index (χ3n) is 5.94. The molecule has 0 saturated heterocycles. The molecule has 0 nitrogen and oxygen atoms in total. The molecule has 0 fully saturated rings. The molecule has 2 aromatic rings. The predicted molar refractivity (Wildman–Crippen MR) is 119 cm³/mol. The molecule has 3 heteroatoms. The Morgan fingerprint density at radius 1 is 0.833 bits per heavy atom. The molecule has 1 aliphatic rings. The Morgan fingerprint density at radius 2 is 1.53 bits per heavy atom. The molecule has 1 atom stereocenters. The Kier molecular flexibility index (Phi) is 7.95. The maximum Gasteiger partial charge on any atom is 0.165 e. The largest absolute Gasteiger partial charge is 0.233 e. The number of benzene rings is 2. The lowest BCUT2D eigenvalue weighted by Gasteiger charge is -2.30. The minimum absolute atomic E-state index is 0.176. The number of hydrogen-bond acceptors (Lipinski definition) is 0. The van der Waals surface area contributed by atoms with Gasteiger partial charge in [0.1, 0.15) is 0 Å². The highest BCUT2D eigenvalue weighted by molar-refractivity contribution is 5.76. The van der Waals surface area contributed by atoms with E-state index in [2.05, 4.69) is 6.92 Å².